The van der Waals surface area contributed by atoms with Gasteiger partial charge >= 0.3 is 0 Å². The van der Waals surface area contributed by atoms with Gasteiger partial charge in [0, 0.05) is 60.8 Å². The average molecular weight is 630 g/mol. The van der Waals surface area contributed by atoms with E-state index < -0.39 is 0 Å². The maximum absolute atomic E-state index is 13.7. The molecule has 0 saturated carbocycles. The number of aromatic nitrogens is 2. The number of aryl methyl sites for hydroxylation is 1. The number of rotatable bonds is 10. The Balaban J connectivity index is 1.26. The second kappa shape index (κ2) is 14.1. The molecule has 5 aromatic rings. The summed E-state index contributed by atoms with van der Waals surface area (Å²) < 4.78 is 18.1. The van der Waals surface area contributed by atoms with Gasteiger partial charge in [0.1, 0.15) is 5.82 Å². The summed E-state index contributed by atoms with van der Waals surface area (Å²) in [6.07, 6.45) is 5.46. The van der Waals surface area contributed by atoms with Gasteiger partial charge in [-0.2, -0.15) is 0 Å². The number of ether oxygens (including phenoxy) is 3. The van der Waals surface area contributed by atoms with E-state index >= 15 is 0 Å². The zero-order valence-electron chi connectivity index (χ0n) is 27.0. The summed E-state index contributed by atoms with van der Waals surface area (Å²) in [6.45, 7) is 3.97. The summed E-state index contributed by atoms with van der Waals surface area (Å²) in [5, 5.41) is 0. The molecule has 2 aromatic heterocycles. The highest BCUT2D eigenvalue weighted by Crippen LogP contribution is 2.35. The summed E-state index contributed by atoms with van der Waals surface area (Å²) in [7, 11) is 3.21. The van der Waals surface area contributed by atoms with E-state index in [1.54, 1.807) is 37.2 Å². The molecule has 0 unspecified atom stereocenters. The molecule has 1 aliphatic heterocycles. The largest absolute Gasteiger partial charge is 0.493 e. The van der Waals surface area contributed by atoms with E-state index in [1.165, 1.54) is 0 Å². The smallest absolute Gasteiger partial charge is 0.258 e. The molecule has 47 heavy (non-hydrogen) atoms. The van der Waals surface area contributed by atoms with E-state index in [9.17, 15) is 9.59 Å². The normalized spacial score (nSPS) is 13.3. The minimum atomic E-state index is -0.0808. The molecule has 0 amide bonds. The van der Waals surface area contributed by atoms with Gasteiger partial charge in [-0.05, 0) is 72.2 Å². The molecule has 0 radical (unpaired) electrons. The number of ketones is 1. The van der Waals surface area contributed by atoms with Crippen molar-refractivity contribution in [2.45, 2.75) is 32.7 Å². The van der Waals surface area contributed by atoms with Crippen molar-refractivity contribution in [3.63, 3.8) is 0 Å². The molecule has 3 aromatic carbocycles. The third kappa shape index (κ3) is 7.13. The van der Waals surface area contributed by atoms with Gasteiger partial charge in [-0.1, -0.05) is 60.2 Å². The zero-order chi connectivity index (χ0) is 32.9. The summed E-state index contributed by atoms with van der Waals surface area (Å²) >= 11 is 0. The van der Waals surface area contributed by atoms with E-state index in [2.05, 4.69) is 4.98 Å². The van der Waals surface area contributed by atoms with Gasteiger partial charge in [-0.15, -0.1) is 0 Å². The van der Waals surface area contributed by atoms with Gasteiger partial charge in [0.15, 0.2) is 17.3 Å². The third-order valence-electron chi connectivity index (χ3n) is 8.83. The predicted octanol–water partition coefficient (Wildman–Crippen LogP) is 7.00. The van der Waals surface area contributed by atoms with Crippen LogP contribution < -0.4 is 20.8 Å². The van der Waals surface area contributed by atoms with Gasteiger partial charge in [0.25, 0.3) is 5.56 Å². The fourth-order valence-corrected chi connectivity index (χ4v) is 6.04. The number of hydrogen-bond donors (Lipinski definition) is 1. The molecule has 240 valence electrons. The summed E-state index contributed by atoms with van der Waals surface area (Å²) in [5.41, 5.74) is 13.6. The van der Waals surface area contributed by atoms with Crippen LogP contribution in [0.1, 0.15) is 34.3 Å². The quantitative estimate of drug-likeness (QED) is 0.166. The Kier molecular flexibility index (Phi) is 9.50. The van der Waals surface area contributed by atoms with Crippen LogP contribution in [-0.2, 0) is 17.7 Å². The van der Waals surface area contributed by atoms with Crippen LogP contribution in [0.15, 0.2) is 96.1 Å². The van der Waals surface area contributed by atoms with E-state index in [1.807, 2.05) is 79.7 Å². The van der Waals surface area contributed by atoms with Crippen LogP contribution in [0.3, 0.4) is 0 Å². The van der Waals surface area contributed by atoms with Crippen molar-refractivity contribution in [1.29, 1.82) is 0 Å². The van der Waals surface area contributed by atoms with Crippen LogP contribution in [0.5, 0.6) is 11.5 Å². The maximum atomic E-state index is 13.7. The predicted molar refractivity (Wildman–Crippen MR) is 185 cm³/mol. The lowest BCUT2D eigenvalue weighted by atomic mass is 9.96. The molecule has 8 nitrogen and oxygen atoms in total. The van der Waals surface area contributed by atoms with Crippen molar-refractivity contribution in [2.75, 3.05) is 33.2 Å². The van der Waals surface area contributed by atoms with E-state index in [-0.39, 0.29) is 17.8 Å². The number of Topliss-reactive ketones (excluding diaryl/α,β-unsaturated/α-hetero) is 1. The van der Waals surface area contributed by atoms with E-state index in [4.69, 9.17) is 19.9 Å². The maximum Gasteiger partial charge on any atom is 0.258 e. The SMILES string of the molecule is COc1ccc(-c2cnc(N)c(-c3ccc(CC(=O)c4cc(-c5ccc(C)cc5)c(=O)n(CC5CCOCC5)c4)cc3)c2)cc1OC. The zero-order valence-corrected chi connectivity index (χ0v) is 27.0. The molecule has 0 spiro atoms. The second-order valence-electron chi connectivity index (χ2n) is 12.0. The average Bonchev–Trinajstić information content (AvgIpc) is 3.10. The van der Waals surface area contributed by atoms with Gasteiger partial charge in [-0.25, -0.2) is 4.98 Å². The Bertz CT molecular complexity index is 1940. The number of hydrogen-bond acceptors (Lipinski definition) is 7. The first-order chi connectivity index (χ1) is 22.8. The Morgan fingerprint density at radius 3 is 2.21 bits per heavy atom. The summed E-state index contributed by atoms with van der Waals surface area (Å²) in [6, 6.07) is 25.1. The van der Waals surface area contributed by atoms with Crippen molar-refractivity contribution in [1.82, 2.24) is 9.55 Å². The molecule has 2 N–H and O–H groups in total. The molecule has 3 heterocycles. The minimum absolute atomic E-state index is 0.0523. The van der Waals surface area contributed by atoms with Crippen molar-refractivity contribution < 1.29 is 19.0 Å². The van der Waals surface area contributed by atoms with Gasteiger partial charge in [0.05, 0.1) is 14.2 Å². The molecule has 0 atom stereocenters. The molecule has 8 heteroatoms. The topological polar surface area (TPSA) is 106 Å². The number of carbonyl (C=O) groups excluding carboxylic acids is 1. The summed E-state index contributed by atoms with van der Waals surface area (Å²) in [4.78, 5) is 31.8. The standard InChI is InChI=1S/C39H39N3O5/c1-25-4-8-29(9-5-25)34-20-32(24-42(39(34)44)23-27-14-16-47-17-15-27)35(43)18-26-6-10-28(11-7-26)33-19-31(22-41-38(33)40)30-12-13-36(45-2)37(21-30)46-3/h4-13,19-22,24,27H,14-18,23H2,1-3H3,(H2,40,41). The Hall–Kier alpha value is -5.21. The number of carbonyl (C=O) groups is 1. The molecule has 1 saturated heterocycles. The second-order valence-corrected chi connectivity index (χ2v) is 12.0. The Morgan fingerprint density at radius 1 is 0.851 bits per heavy atom. The van der Waals surface area contributed by atoms with E-state index in [0.29, 0.717) is 54.1 Å². The minimum Gasteiger partial charge on any atom is -0.493 e. The van der Waals surface area contributed by atoms with Crippen molar-refractivity contribution >= 4 is 11.6 Å². The lowest BCUT2D eigenvalue weighted by molar-refractivity contribution is 0.0609. The lowest BCUT2D eigenvalue weighted by Crippen LogP contribution is -2.29. The fourth-order valence-electron chi connectivity index (χ4n) is 6.04. The number of nitrogen functional groups attached to an aromatic ring is 1. The van der Waals surface area contributed by atoms with Gasteiger partial charge in [-0.3, -0.25) is 9.59 Å². The number of anilines is 1. The van der Waals surface area contributed by atoms with Gasteiger partial charge < -0.3 is 24.5 Å². The first-order valence-corrected chi connectivity index (χ1v) is 15.8. The molecule has 1 fully saturated rings. The molecule has 6 rings (SSSR count). The fraction of sp³-hybridized carbons (Fsp3) is 0.256. The number of pyridine rings is 2. The summed E-state index contributed by atoms with van der Waals surface area (Å²) in [5.74, 6) is 1.96. The molecular formula is C39H39N3O5. The van der Waals surface area contributed by atoms with Crippen molar-refractivity contribution in [3.8, 4) is 44.9 Å². The molecule has 1 aliphatic rings. The highest BCUT2D eigenvalue weighted by molar-refractivity contribution is 5.98. The Labute approximate surface area is 274 Å². The monoisotopic (exact) mass is 629 g/mol. The van der Waals surface area contributed by atoms with Crippen LogP contribution >= 0.6 is 0 Å². The van der Waals surface area contributed by atoms with Crippen LogP contribution in [0, 0.1) is 12.8 Å². The van der Waals surface area contributed by atoms with Gasteiger partial charge in [0.2, 0.25) is 0 Å². The lowest BCUT2D eigenvalue weighted by Gasteiger charge is -2.23. The molecule has 0 aliphatic carbocycles. The Morgan fingerprint density at radius 2 is 1.51 bits per heavy atom. The molecule has 0 bridgehead atoms. The van der Waals surface area contributed by atoms with Crippen LogP contribution in [0.2, 0.25) is 0 Å². The number of benzene rings is 3. The number of methoxy groups -OCH3 is 2. The van der Waals surface area contributed by atoms with E-state index in [0.717, 1.165) is 51.8 Å². The third-order valence-corrected chi connectivity index (χ3v) is 8.83. The van der Waals surface area contributed by atoms with Crippen molar-refractivity contribution in [3.05, 3.63) is 118 Å². The number of nitrogens with two attached hydrogens (primary N) is 1. The van der Waals surface area contributed by atoms with Crippen LogP contribution in [-0.4, -0.2) is 42.8 Å². The highest BCUT2D eigenvalue weighted by Gasteiger charge is 2.19. The molecular weight excluding hydrogens is 590 g/mol. The number of nitrogens with zero attached hydrogens (tertiary/aromatic N) is 2. The first-order valence-electron chi connectivity index (χ1n) is 15.8. The van der Waals surface area contributed by atoms with Crippen LogP contribution in [0.25, 0.3) is 33.4 Å². The first kappa shape index (κ1) is 31.8. The van der Waals surface area contributed by atoms with Crippen LogP contribution in [0.4, 0.5) is 5.82 Å². The highest BCUT2D eigenvalue weighted by atomic mass is 16.5. The van der Waals surface area contributed by atoms with Crippen molar-refractivity contribution in [2.24, 2.45) is 5.92 Å².